The van der Waals surface area contributed by atoms with Crippen molar-refractivity contribution in [1.29, 1.82) is 0 Å². The lowest BCUT2D eigenvalue weighted by atomic mass is 10.0. The molecule has 0 unspecified atom stereocenters. The molecule has 3 nitrogen and oxygen atoms in total. The van der Waals surface area contributed by atoms with Gasteiger partial charge in [0.2, 0.25) is 0 Å². The Balaban J connectivity index is 1.44. The molecule has 1 amide bonds. The Labute approximate surface area is 170 Å². The first-order chi connectivity index (χ1) is 13.7. The number of hydrogen-bond acceptors (Lipinski definition) is 3. The number of rotatable bonds is 4. The lowest BCUT2D eigenvalue weighted by molar-refractivity contribution is 0.0860. The topological polar surface area (TPSA) is 32.7 Å². The molecule has 0 fully saturated rings. The van der Waals surface area contributed by atoms with Crippen LogP contribution in [0.2, 0.25) is 0 Å². The van der Waals surface area contributed by atoms with Crippen LogP contribution in [-0.4, -0.2) is 29.1 Å². The quantitative estimate of drug-likeness (QED) is 0.601. The van der Waals surface area contributed by atoms with Crippen molar-refractivity contribution in [3.63, 3.8) is 0 Å². The van der Waals surface area contributed by atoms with Crippen molar-refractivity contribution in [2.24, 2.45) is 4.99 Å². The minimum Gasteiger partial charge on any atom is -0.286 e. The molecule has 0 aromatic heterocycles. The van der Waals surface area contributed by atoms with Gasteiger partial charge in [-0.2, -0.15) is 0 Å². The molecule has 3 aromatic carbocycles. The number of nitrogens with zero attached hydrogens (tertiary/aromatic N) is 2. The minimum absolute atomic E-state index is 0.0209. The van der Waals surface area contributed by atoms with Crippen LogP contribution in [0.5, 0.6) is 0 Å². The molecule has 0 saturated heterocycles. The number of thioether (sulfide) groups is 1. The number of benzene rings is 3. The van der Waals surface area contributed by atoms with Crippen LogP contribution in [0, 0.1) is 6.92 Å². The number of carbonyl (C=O) groups excluding carboxylic acids is 1. The minimum atomic E-state index is 0.0209. The Kier molecular flexibility index (Phi) is 5.58. The molecule has 1 aliphatic heterocycles. The average Bonchev–Trinajstić information content (AvgIpc) is 3.21. The van der Waals surface area contributed by atoms with Crippen molar-refractivity contribution < 1.29 is 4.79 Å². The second-order valence-electron chi connectivity index (χ2n) is 6.84. The summed E-state index contributed by atoms with van der Waals surface area (Å²) in [6.07, 6.45) is 0. The van der Waals surface area contributed by atoms with E-state index in [0.29, 0.717) is 18.7 Å². The standard InChI is InChI=1S/C24H22N2OS/c1-18-6-5-7-19(16-18)17-28-24-25-14-15-26(24)23(27)22-12-10-21(11-13-22)20-8-3-2-4-9-20/h2-13,16H,14-15,17H2,1H3. The summed E-state index contributed by atoms with van der Waals surface area (Å²) in [6.45, 7) is 3.41. The highest BCUT2D eigenvalue weighted by Crippen LogP contribution is 2.24. The molecular formula is C24H22N2OS. The van der Waals surface area contributed by atoms with Crippen molar-refractivity contribution in [2.45, 2.75) is 12.7 Å². The number of carbonyl (C=O) groups is 1. The van der Waals surface area contributed by atoms with Gasteiger partial charge in [0, 0.05) is 17.9 Å². The van der Waals surface area contributed by atoms with Crippen molar-refractivity contribution >= 4 is 22.8 Å². The first kappa shape index (κ1) is 18.5. The Morgan fingerprint density at radius 2 is 1.71 bits per heavy atom. The summed E-state index contributed by atoms with van der Waals surface area (Å²) >= 11 is 1.63. The zero-order valence-electron chi connectivity index (χ0n) is 15.8. The van der Waals surface area contributed by atoms with Crippen molar-refractivity contribution in [2.75, 3.05) is 13.1 Å². The Morgan fingerprint density at radius 3 is 2.46 bits per heavy atom. The molecule has 0 bridgehead atoms. The molecule has 3 aromatic rings. The van der Waals surface area contributed by atoms with Gasteiger partial charge in [0.25, 0.3) is 5.91 Å². The predicted molar refractivity (Wildman–Crippen MR) is 118 cm³/mol. The van der Waals surface area contributed by atoms with Gasteiger partial charge in [0.1, 0.15) is 0 Å². The van der Waals surface area contributed by atoms with Crippen LogP contribution >= 0.6 is 11.8 Å². The lowest BCUT2D eigenvalue weighted by Gasteiger charge is -2.18. The van der Waals surface area contributed by atoms with Gasteiger partial charge < -0.3 is 0 Å². The zero-order chi connectivity index (χ0) is 19.3. The summed E-state index contributed by atoms with van der Waals surface area (Å²) in [5.74, 6) is 0.838. The van der Waals surface area contributed by atoms with Gasteiger partial charge >= 0.3 is 0 Å². The van der Waals surface area contributed by atoms with E-state index < -0.39 is 0 Å². The van der Waals surface area contributed by atoms with Gasteiger partial charge in [-0.25, -0.2) is 0 Å². The highest BCUT2D eigenvalue weighted by atomic mass is 32.2. The van der Waals surface area contributed by atoms with E-state index in [9.17, 15) is 4.79 Å². The summed E-state index contributed by atoms with van der Waals surface area (Å²) in [5, 5.41) is 0.818. The first-order valence-electron chi connectivity index (χ1n) is 9.41. The fourth-order valence-electron chi connectivity index (χ4n) is 3.28. The van der Waals surface area contributed by atoms with E-state index in [1.165, 1.54) is 11.1 Å². The highest BCUT2D eigenvalue weighted by molar-refractivity contribution is 8.13. The van der Waals surface area contributed by atoms with Gasteiger partial charge in [-0.3, -0.25) is 14.7 Å². The third-order valence-electron chi connectivity index (χ3n) is 4.74. The van der Waals surface area contributed by atoms with Crippen LogP contribution in [0.1, 0.15) is 21.5 Å². The van der Waals surface area contributed by atoms with Gasteiger partial charge in [-0.1, -0.05) is 84.1 Å². The van der Waals surface area contributed by atoms with E-state index in [1.807, 2.05) is 42.5 Å². The molecule has 4 rings (SSSR count). The molecule has 0 saturated carbocycles. The number of aryl methyl sites for hydroxylation is 1. The molecule has 28 heavy (non-hydrogen) atoms. The van der Waals surface area contributed by atoms with Crippen LogP contribution in [-0.2, 0) is 5.75 Å². The van der Waals surface area contributed by atoms with Gasteiger partial charge in [0.05, 0.1) is 6.54 Å². The van der Waals surface area contributed by atoms with Crippen LogP contribution in [0.15, 0.2) is 83.9 Å². The first-order valence-corrected chi connectivity index (χ1v) is 10.4. The van der Waals surface area contributed by atoms with Crippen LogP contribution in [0.4, 0.5) is 0 Å². The summed E-state index contributed by atoms with van der Waals surface area (Å²) in [4.78, 5) is 19.4. The molecular weight excluding hydrogens is 364 g/mol. The number of amides is 1. The van der Waals surface area contributed by atoms with E-state index in [-0.39, 0.29) is 5.91 Å². The fourth-order valence-corrected chi connectivity index (χ4v) is 4.27. The van der Waals surface area contributed by atoms with E-state index >= 15 is 0 Å². The summed E-state index contributed by atoms with van der Waals surface area (Å²) in [5.41, 5.74) is 5.46. The third-order valence-corrected chi connectivity index (χ3v) is 5.82. The molecule has 0 N–H and O–H groups in total. The maximum Gasteiger partial charge on any atom is 0.259 e. The monoisotopic (exact) mass is 386 g/mol. The van der Waals surface area contributed by atoms with E-state index in [1.54, 1.807) is 16.7 Å². The summed E-state index contributed by atoms with van der Waals surface area (Å²) < 4.78 is 0. The normalized spacial score (nSPS) is 13.5. The Morgan fingerprint density at radius 1 is 0.964 bits per heavy atom. The largest absolute Gasteiger partial charge is 0.286 e. The molecule has 1 heterocycles. The zero-order valence-corrected chi connectivity index (χ0v) is 16.7. The SMILES string of the molecule is Cc1cccc(CSC2=NCCN2C(=O)c2ccc(-c3ccccc3)cc2)c1. The Bertz CT molecular complexity index is 997. The van der Waals surface area contributed by atoms with E-state index in [4.69, 9.17) is 0 Å². The summed E-state index contributed by atoms with van der Waals surface area (Å²) in [7, 11) is 0. The fraction of sp³-hybridized carbons (Fsp3) is 0.167. The third kappa shape index (κ3) is 4.18. The molecule has 0 spiro atoms. The number of amidine groups is 1. The molecule has 140 valence electrons. The summed E-state index contributed by atoms with van der Waals surface area (Å²) in [6, 6.07) is 26.5. The van der Waals surface area contributed by atoms with Crippen LogP contribution < -0.4 is 0 Å². The van der Waals surface area contributed by atoms with Crippen molar-refractivity contribution in [1.82, 2.24) is 4.90 Å². The molecule has 0 aliphatic carbocycles. The smallest absolute Gasteiger partial charge is 0.259 e. The number of aliphatic imine (C=N–C) groups is 1. The highest BCUT2D eigenvalue weighted by Gasteiger charge is 2.25. The molecule has 1 aliphatic rings. The maximum atomic E-state index is 13.0. The van der Waals surface area contributed by atoms with Gasteiger partial charge in [-0.05, 0) is 35.7 Å². The predicted octanol–water partition coefficient (Wildman–Crippen LogP) is 5.41. The molecule has 0 radical (unpaired) electrons. The lowest BCUT2D eigenvalue weighted by Crippen LogP contribution is -2.32. The Hall–Kier alpha value is -2.85. The second-order valence-corrected chi connectivity index (χ2v) is 7.78. The second kappa shape index (κ2) is 8.44. The number of hydrogen-bond donors (Lipinski definition) is 0. The van der Waals surface area contributed by atoms with Crippen molar-refractivity contribution in [3.05, 3.63) is 95.6 Å². The van der Waals surface area contributed by atoms with E-state index in [2.05, 4.69) is 48.3 Å². The van der Waals surface area contributed by atoms with Gasteiger partial charge in [0.15, 0.2) is 5.17 Å². The maximum absolute atomic E-state index is 13.0. The van der Waals surface area contributed by atoms with E-state index in [0.717, 1.165) is 22.0 Å². The average molecular weight is 387 g/mol. The van der Waals surface area contributed by atoms with Crippen molar-refractivity contribution in [3.8, 4) is 11.1 Å². The molecule has 4 heteroatoms. The molecule has 0 atom stereocenters. The van der Waals surface area contributed by atoms with Crippen LogP contribution in [0.25, 0.3) is 11.1 Å². The van der Waals surface area contributed by atoms with Gasteiger partial charge in [-0.15, -0.1) is 0 Å². The van der Waals surface area contributed by atoms with Crippen LogP contribution in [0.3, 0.4) is 0 Å².